The van der Waals surface area contributed by atoms with Crippen LogP contribution < -0.4 is 5.73 Å². The van der Waals surface area contributed by atoms with Crippen molar-refractivity contribution in [1.29, 1.82) is 0 Å². The highest BCUT2D eigenvalue weighted by atomic mass is 16.1. The van der Waals surface area contributed by atoms with Gasteiger partial charge in [-0.1, -0.05) is 55.8 Å². The number of rotatable bonds is 5. The minimum absolute atomic E-state index is 0.344. The number of aryl methyl sites for hydroxylation is 1. The Bertz CT molecular complexity index is 561. The van der Waals surface area contributed by atoms with E-state index < -0.39 is 0 Å². The van der Waals surface area contributed by atoms with Crippen LogP contribution in [-0.4, -0.2) is 5.91 Å². The molecule has 2 aromatic carbocycles. The molecule has 0 aliphatic rings. The molecule has 0 aliphatic heterocycles. The molecule has 19 heavy (non-hydrogen) atoms. The van der Waals surface area contributed by atoms with Crippen LogP contribution in [0.3, 0.4) is 0 Å². The summed E-state index contributed by atoms with van der Waals surface area (Å²) in [6, 6.07) is 16.0. The van der Waals surface area contributed by atoms with Gasteiger partial charge in [-0.15, -0.1) is 0 Å². The maximum atomic E-state index is 11.6. The molecule has 2 nitrogen and oxygen atoms in total. The molecule has 0 aromatic heterocycles. The summed E-state index contributed by atoms with van der Waals surface area (Å²) in [4.78, 5) is 11.6. The Labute approximate surface area is 114 Å². The first kappa shape index (κ1) is 13.3. The number of nitrogens with two attached hydrogens (primary N) is 1. The summed E-state index contributed by atoms with van der Waals surface area (Å²) in [6.45, 7) is 2.14. The summed E-state index contributed by atoms with van der Waals surface area (Å²) in [5.41, 5.74) is 9.64. The quantitative estimate of drug-likeness (QED) is 0.872. The van der Waals surface area contributed by atoms with Crippen LogP contribution in [0.15, 0.2) is 48.5 Å². The Morgan fingerprint density at radius 2 is 1.79 bits per heavy atom. The lowest BCUT2D eigenvalue weighted by Crippen LogP contribution is -2.15. The van der Waals surface area contributed by atoms with Gasteiger partial charge in [0.05, 0.1) is 0 Å². The summed E-state index contributed by atoms with van der Waals surface area (Å²) in [5, 5.41) is 0. The Balaban J connectivity index is 2.43. The fourth-order valence-electron chi connectivity index (χ4n) is 2.38. The van der Waals surface area contributed by atoms with Crippen molar-refractivity contribution >= 4 is 5.91 Å². The van der Waals surface area contributed by atoms with Gasteiger partial charge in [-0.3, -0.25) is 4.79 Å². The van der Waals surface area contributed by atoms with Gasteiger partial charge in [0.25, 0.3) is 0 Å². The van der Waals surface area contributed by atoms with E-state index in [-0.39, 0.29) is 5.91 Å². The predicted molar refractivity (Wildman–Crippen MR) is 78.2 cm³/mol. The SMILES string of the molecule is CCCc1cccc(C(N)=O)c1Cc1ccccc1. The maximum absolute atomic E-state index is 11.6. The molecule has 0 fully saturated rings. The van der Waals surface area contributed by atoms with Gasteiger partial charge in [0, 0.05) is 5.56 Å². The molecule has 0 heterocycles. The van der Waals surface area contributed by atoms with Crippen molar-refractivity contribution in [3.8, 4) is 0 Å². The van der Waals surface area contributed by atoms with Crippen LogP contribution in [0.4, 0.5) is 0 Å². The molecular formula is C17H19NO. The van der Waals surface area contributed by atoms with Crippen LogP contribution in [0, 0.1) is 0 Å². The first-order chi connectivity index (χ1) is 9.22. The van der Waals surface area contributed by atoms with E-state index in [4.69, 9.17) is 5.73 Å². The largest absolute Gasteiger partial charge is 0.366 e. The van der Waals surface area contributed by atoms with Crippen LogP contribution in [-0.2, 0) is 12.8 Å². The Morgan fingerprint density at radius 1 is 1.05 bits per heavy atom. The van der Waals surface area contributed by atoms with Crippen molar-refractivity contribution < 1.29 is 4.79 Å². The van der Waals surface area contributed by atoms with E-state index in [1.54, 1.807) is 0 Å². The van der Waals surface area contributed by atoms with Crippen molar-refractivity contribution in [2.24, 2.45) is 5.73 Å². The van der Waals surface area contributed by atoms with Crippen molar-refractivity contribution in [3.63, 3.8) is 0 Å². The van der Waals surface area contributed by atoms with Gasteiger partial charge in [-0.05, 0) is 35.6 Å². The number of carbonyl (C=O) groups excluding carboxylic acids is 1. The highest BCUT2D eigenvalue weighted by Gasteiger charge is 2.12. The summed E-state index contributed by atoms with van der Waals surface area (Å²) in [7, 11) is 0. The fourth-order valence-corrected chi connectivity index (χ4v) is 2.38. The van der Waals surface area contributed by atoms with Gasteiger partial charge in [0.1, 0.15) is 0 Å². The fraction of sp³-hybridized carbons (Fsp3) is 0.235. The first-order valence-corrected chi connectivity index (χ1v) is 6.67. The van der Waals surface area contributed by atoms with Crippen molar-refractivity contribution in [2.75, 3.05) is 0 Å². The minimum atomic E-state index is -0.344. The Kier molecular flexibility index (Phi) is 4.35. The van der Waals surface area contributed by atoms with Gasteiger partial charge >= 0.3 is 0 Å². The van der Waals surface area contributed by atoms with Gasteiger partial charge in [0.2, 0.25) is 5.91 Å². The highest BCUT2D eigenvalue weighted by molar-refractivity contribution is 5.94. The van der Waals surface area contributed by atoms with Gasteiger partial charge in [-0.2, -0.15) is 0 Å². The topological polar surface area (TPSA) is 43.1 Å². The van der Waals surface area contributed by atoms with E-state index in [0.29, 0.717) is 5.56 Å². The molecule has 0 aliphatic carbocycles. The van der Waals surface area contributed by atoms with Gasteiger partial charge in [0.15, 0.2) is 0 Å². The number of hydrogen-bond donors (Lipinski definition) is 1. The molecule has 2 aromatic rings. The molecule has 2 heteroatoms. The monoisotopic (exact) mass is 253 g/mol. The maximum Gasteiger partial charge on any atom is 0.248 e. The second kappa shape index (κ2) is 6.19. The second-order valence-electron chi connectivity index (χ2n) is 4.72. The molecular weight excluding hydrogens is 234 g/mol. The number of benzene rings is 2. The number of primary amides is 1. The standard InChI is InChI=1S/C17H19NO/c1-2-7-14-10-6-11-15(17(18)19)16(14)12-13-8-4-3-5-9-13/h3-6,8-11H,2,7,12H2,1H3,(H2,18,19). The van der Waals surface area contributed by atoms with Crippen molar-refractivity contribution in [2.45, 2.75) is 26.2 Å². The minimum Gasteiger partial charge on any atom is -0.366 e. The molecule has 0 bridgehead atoms. The van der Waals surface area contributed by atoms with Gasteiger partial charge in [-0.25, -0.2) is 0 Å². The van der Waals surface area contributed by atoms with Crippen LogP contribution in [0.1, 0.15) is 40.4 Å². The van der Waals surface area contributed by atoms with Crippen LogP contribution in [0.2, 0.25) is 0 Å². The zero-order valence-electron chi connectivity index (χ0n) is 11.2. The molecule has 0 unspecified atom stereocenters. The van der Waals surface area contributed by atoms with Crippen molar-refractivity contribution in [1.82, 2.24) is 0 Å². The normalized spacial score (nSPS) is 10.4. The number of amides is 1. The molecule has 0 saturated carbocycles. The lowest BCUT2D eigenvalue weighted by Gasteiger charge is -2.13. The van der Waals surface area contributed by atoms with Gasteiger partial charge < -0.3 is 5.73 Å². The molecule has 0 radical (unpaired) electrons. The van der Waals surface area contributed by atoms with E-state index in [1.807, 2.05) is 30.3 Å². The average molecular weight is 253 g/mol. The summed E-state index contributed by atoms with van der Waals surface area (Å²) in [5.74, 6) is -0.344. The lowest BCUT2D eigenvalue weighted by atomic mass is 9.92. The zero-order chi connectivity index (χ0) is 13.7. The van der Waals surface area contributed by atoms with Crippen LogP contribution >= 0.6 is 0 Å². The Hall–Kier alpha value is -2.09. The number of hydrogen-bond acceptors (Lipinski definition) is 1. The van der Waals surface area contributed by atoms with E-state index in [0.717, 1.165) is 24.8 Å². The second-order valence-corrected chi connectivity index (χ2v) is 4.72. The molecule has 2 N–H and O–H groups in total. The molecule has 0 saturated heterocycles. The average Bonchev–Trinajstić information content (AvgIpc) is 2.42. The summed E-state index contributed by atoms with van der Waals surface area (Å²) >= 11 is 0. The smallest absolute Gasteiger partial charge is 0.248 e. The third-order valence-corrected chi connectivity index (χ3v) is 3.28. The van der Waals surface area contributed by atoms with E-state index in [1.165, 1.54) is 11.1 Å². The summed E-state index contributed by atoms with van der Waals surface area (Å²) in [6.07, 6.45) is 2.79. The Morgan fingerprint density at radius 3 is 2.42 bits per heavy atom. The van der Waals surface area contributed by atoms with E-state index in [9.17, 15) is 4.79 Å². The first-order valence-electron chi connectivity index (χ1n) is 6.67. The zero-order valence-corrected chi connectivity index (χ0v) is 11.2. The molecule has 98 valence electrons. The molecule has 1 amide bonds. The molecule has 0 spiro atoms. The van der Waals surface area contributed by atoms with Crippen LogP contribution in [0.5, 0.6) is 0 Å². The molecule has 2 rings (SSSR count). The third kappa shape index (κ3) is 3.22. The van der Waals surface area contributed by atoms with Crippen LogP contribution in [0.25, 0.3) is 0 Å². The highest BCUT2D eigenvalue weighted by Crippen LogP contribution is 2.20. The summed E-state index contributed by atoms with van der Waals surface area (Å²) < 4.78 is 0. The number of carbonyl (C=O) groups is 1. The van der Waals surface area contributed by atoms with E-state index in [2.05, 4.69) is 25.1 Å². The molecule has 0 atom stereocenters. The predicted octanol–water partition coefficient (Wildman–Crippen LogP) is 3.33. The van der Waals surface area contributed by atoms with E-state index >= 15 is 0 Å². The third-order valence-electron chi connectivity index (χ3n) is 3.28. The van der Waals surface area contributed by atoms with Crippen molar-refractivity contribution in [3.05, 3.63) is 70.8 Å². The lowest BCUT2D eigenvalue weighted by molar-refractivity contribution is 0.0999.